The van der Waals surface area contributed by atoms with Gasteiger partial charge in [-0.2, -0.15) is 0 Å². The lowest BCUT2D eigenvalue weighted by molar-refractivity contribution is 0.310. The van der Waals surface area contributed by atoms with Crippen LogP contribution in [0.25, 0.3) is 0 Å². The van der Waals surface area contributed by atoms with Crippen LogP contribution >= 0.6 is 11.3 Å². The molecule has 19 heavy (non-hydrogen) atoms. The first-order valence-corrected chi connectivity index (χ1v) is 7.70. The van der Waals surface area contributed by atoms with Gasteiger partial charge in [0.1, 0.15) is 5.01 Å². The van der Waals surface area contributed by atoms with Crippen molar-refractivity contribution in [2.24, 2.45) is 0 Å². The fourth-order valence-electron chi connectivity index (χ4n) is 2.41. The highest BCUT2D eigenvalue weighted by Crippen LogP contribution is 2.28. The maximum absolute atomic E-state index is 4.51. The highest BCUT2D eigenvalue weighted by molar-refractivity contribution is 7.09. The topological polar surface area (TPSA) is 24.9 Å². The predicted molar refractivity (Wildman–Crippen MR) is 82.5 cm³/mol. The Morgan fingerprint density at radius 3 is 2.58 bits per heavy atom. The molecule has 0 amide bonds. The zero-order valence-corrected chi connectivity index (χ0v) is 12.7. The summed E-state index contributed by atoms with van der Waals surface area (Å²) in [7, 11) is 0. The number of hydrogen-bond donors (Lipinski definition) is 1. The zero-order valence-electron chi connectivity index (χ0n) is 11.9. The van der Waals surface area contributed by atoms with Crippen molar-refractivity contribution in [2.75, 3.05) is 0 Å². The smallest absolute Gasteiger partial charge is 0.112 e. The van der Waals surface area contributed by atoms with Crippen LogP contribution in [0.15, 0.2) is 41.9 Å². The van der Waals surface area contributed by atoms with Crippen molar-refractivity contribution in [3.05, 3.63) is 52.5 Å². The molecule has 1 unspecified atom stereocenters. The summed E-state index contributed by atoms with van der Waals surface area (Å²) in [4.78, 5) is 4.51. The van der Waals surface area contributed by atoms with Gasteiger partial charge in [-0.25, -0.2) is 4.98 Å². The van der Waals surface area contributed by atoms with Gasteiger partial charge in [-0.3, -0.25) is 0 Å². The van der Waals surface area contributed by atoms with Crippen LogP contribution in [-0.2, 0) is 12.0 Å². The number of aromatic nitrogens is 1. The van der Waals surface area contributed by atoms with Crippen molar-refractivity contribution >= 4 is 11.3 Å². The van der Waals surface area contributed by atoms with E-state index in [0.717, 1.165) is 12.8 Å². The molecule has 1 N–H and O–H groups in total. The molecule has 1 atom stereocenters. The van der Waals surface area contributed by atoms with E-state index in [1.807, 2.05) is 6.20 Å². The molecule has 102 valence electrons. The first-order chi connectivity index (χ1) is 9.10. The number of nitrogens with zero attached hydrogens (tertiary/aromatic N) is 1. The standard InChI is InChI=1S/C16H22N2S/c1-13(2)18-16(3,15-17-11-12-19-15)10-9-14-7-5-4-6-8-14/h4-8,11-13,18H,9-10H2,1-3H3. The summed E-state index contributed by atoms with van der Waals surface area (Å²) in [5.41, 5.74) is 1.34. The highest BCUT2D eigenvalue weighted by Gasteiger charge is 2.29. The van der Waals surface area contributed by atoms with Crippen molar-refractivity contribution in [3.63, 3.8) is 0 Å². The largest absolute Gasteiger partial charge is 0.303 e. The Bertz CT molecular complexity index is 479. The van der Waals surface area contributed by atoms with E-state index < -0.39 is 0 Å². The fraction of sp³-hybridized carbons (Fsp3) is 0.438. The van der Waals surface area contributed by atoms with Gasteiger partial charge in [-0.05, 0) is 39.2 Å². The second kappa shape index (κ2) is 6.31. The minimum absolute atomic E-state index is 0.0435. The summed E-state index contributed by atoms with van der Waals surface area (Å²) in [6.45, 7) is 6.64. The van der Waals surface area contributed by atoms with Crippen molar-refractivity contribution in [1.29, 1.82) is 0 Å². The Hall–Kier alpha value is -1.19. The van der Waals surface area contributed by atoms with E-state index in [2.05, 4.69) is 66.8 Å². The molecule has 3 heteroatoms. The predicted octanol–water partition coefficient (Wildman–Crippen LogP) is 3.99. The summed E-state index contributed by atoms with van der Waals surface area (Å²) in [6.07, 6.45) is 4.02. The van der Waals surface area contributed by atoms with Gasteiger partial charge in [-0.15, -0.1) is 11.3 Å². The molecule has 0 aliphatic heterocycles. The maximum atomic E-state index is 4.51. The van der Waals surface area contributed by atoms with Crippen LogP contribution < -0.4 is 5.32 Å². The molecule has 0 spiro atoms. The fourth-order valence-corrected chi connectivity index (χ4v) is 3.21. The van der Waals surface area contributed by atoms with Gasteiger partial charge in [-0.1, -0.05) is 30.3 Å². The number of rotatable bonds is 6. The minimum Gasteiger partial charge on any atom is -0.303 e. The van der Waals surface area contributed by atoms with Gasteiger partial charge < -0.3 is 5.32 Å². The summed E-state index contributed by atoms with van der Waals surface area (Å²) in [5.74, 6) is 0. The monoisotopic (exact) mass is 274 g/mol. The van der Waals surface area contributed by atoms with E-state index in [0.29, 0.717) is 6.04 Å². The molecule has 0 saturated heterocycles. The summed E-state index contributed by atoms with van der Waals surface area (Å²) >= 11 is 1.73. The van der Waals surface area contributed by atoms with Gasteiger partial charge in [0.05, 0.1) is 5.54 Å². The van der Waals surface area contributed by atoms with E-state index in [1.54, 1.807) is 11.3 Å². The summed E-state index contributed by atoms with van der Waals surface area (Å²) in [6, 6.07) is 11.1. The van der Waals surface area contributed by atoms with Crippen LogP contribution in [0.3, 0.4) is 0 Å². The average Bonchev–Trinajstić information content (AvgIpc) is 2.91. The van der Waals surface area contributed by atoms with Crippen LogP contribution in [0.1, 0.15) is 37.8 Å². The molecule has 0 bridgehead atoms. The first kappa shape index (κ1) is 14.2. The van der Waals surface area contributed by atoms with E-state index in [1.165, 1.54) is 10.6 Å². The molecular weight excluding hydrogens is 252 g/mol. The van der Waals surface area contributed by atoms with Gasteiger partial charge in [0.2, 0.25) is 0 Å². The molecular formula is C16H22N2S. The van der Waals surface area contributed by atoms with Crippen molar-refractivity contribution in [1.82, 2.24) is 10.3 Å². The Labute approximate surface area is 119 Å². The van der Waals surface area contributed by atoms with Gasteiger partial charge in [0.25, 0.3) is 0 Å². The number of aryl methyl sites for hydroxylation is 1. The van der Waals surface area contributed by atoms with E-state index >= 15 is 0 Å². The second-order valence-corrected chi connectivity index (χ2v) is 6.35. The lowest BCUT2D eigenvalue weighted by Crippen LogP contribution is -2.43. The quantitative estimate of drug-likeness (QED) is 0.861. The number of benzene rings is 1. The molecule has 1 aromatic carbocycles. The lowest BCUT2D eigenvalue weighted by Gasteiger charge is -2.31. The lowest BCUT2D eigenvalue weighted by atomic mass is 9.93. The molecule has 0 radical (unpaired) electrons. The Morgan fingerprint density at radius 1 is 1.26 bits per heavy atom. The first-order valence-electron chi connectivity index (χ1n) is 6.82. The molecule has 0 saturated carbocycles. The SMILES string of the molecule is CC(C)NC(C)(CCc1ccccc1)c1nccs1. The van der Waals surface area contributed by atoms with E-state index in [-0.39, 0.29) is 5.54 Å². The third-order valence-electron chi connectivity index (χ3n) is 3.27. The number of thiazole rings is 1. The molecule has 1 heterocycles. The molecule has 0 aliphatic carbocycles. The van der Waals surface area contributed by atoms with E-state index in [9.17, 15) is 0 Å². The average molecular weight is 274 g/mol. The molecule has 1 aromatic heterocycles. The van der Waals surface area contributed by atoms with Crippen LogP contribution in [-0.4, -0.2) is 11.0 Å². The summed E-state index contributed by atoms with van der Waals surface area (Å²) < 4.78 is 0. The van der Waals surface area contributed by atoms with Gasteiger partial charge in [0, 0.05) is 17.6 Å². The molecule has 0 aliphatic rings. The van der Waals surface area contributed by atoms with Gasteiger partial charge >= 0.3 is 0 Å². The minimum atomic E-state index is -0.0435. The van der Waals surface area contributed by atoms with Crippen molar-refractivity contribution in [3.8, 4) is 0 Å². The number of hydrogen-bond acceptors (Lipinski definition) is 3. The second-order valence-electron chi connectivity index (χ2n) is 5.45. The third-order valence-corrected chi connectivity index (χ3v) is 4.31. The van der Waals surface area contributed by atoms with E-state index in [4.69, 9.17) is 0 Å². The maximum Gasteiger partial charge on any atom is 0.112 e. The third kappa shape index (κ3) is 3.88. The van der Waals surface area contributed by atoms with Crippen LogP contribution in [0.2, 0.25) is 0 Å². The normalized spacial score (nSPS) is 14.5. The van der Waals surface area contributed by atoms with Crippen LogP contribution in [0, 0.1) is 0 Å². The Balaban J connectivity index is 2.10. The Kier molecular flexibility index (Phi) is 4.72. The molecule has 2 aromatic rings. The van der Waals surface area contributed by atoms with Crippen LogP contribution in [0.5, 0.6) is 0 Å². The highest BCUT2D eigenvalue weighted by atomic mass is 32.1. The Morgan fingerprint density at radius 2 is 2.00 bits per heavy atom. The van der Waals surface area contributed by atoms with Crippen molar-refractivity contribution < 1.29 is 0 Å². The van der Waals surface area contributed by atoms with Crippen LogP contribution in [0.4, 0.5) is 0 Å². The molecule has 2 rings (SSSR count). The molecule has 0 fully saturated rings. The zero-order chi connectivity index (χ0) is 13.7. The number of nitrogens with one attached hydrogen (secondary N) is 1. The van der Waals surface area contributed by atoms with Crippen molar-refractivity contribution in [2.45, 2.75) is 45.2 Å². The molecule has 2 nitrogen and oxygen atoms in total. The van der Waals surface area contributed by atoms with Gasteiger partial charge in [0.15, 0.2) is 0 Å². The summed E-state index contributed by atoms with van der Waals surface area (Å²) in [5, 5.41) is 6.91.